The van der Waals surface area contributed by atoms with E-state index in [1.807, 2.05) is 0 Å². The molecule has 4 nitrogen and oxygen atoms in total. The van der Waals surface area contributed by atoms with Gasteiger partial charge in [-0.2, -0.15) is 0 Å². The molecule has 2 aliphatic carbocycles. The van der Waals surface area contributed by atoms with Gasteiger partial charge in [0.05, 0.1) is 6.61 Å². The largest absolute Gasteiger partial charge is 0.371 e. The van der Waals surface area contributed by atoms with Crippen LogP contribution in [0.5, 0.6) is 0 Å². The van der Waals surface area contributed by atoms with Crippen LogP contribution < -0.4 is 11.1 Å². The highest BCUT2D eigenvalue weighted by atomic mass is 16.5. The Kier molecular flexibility index (Phi) is 6.11. The molecular weight excluding hydrogens is 240 g/mol. The van der Waals surface area contributed by atoms with Gasteiger partial charge in [-0.1, -0.05) is 25.7 Å². The van der Waals surface area contributed by atoms with E-state index in [1.54, 1.807) is 0 Å². The average Bonchev–Trinajstić information content (AvgIpc) is 2.87. The Morgan fingerprint density at radius 3 is 2.53 bits per heavy atom. The van der Waals surface area contributed by atoms with Crippen LogP contribution >= 0.6 is 0 Å². The first kappa shape index (κ1) is 14.8. The lowest BCUT2D eigenvalue weighted by atomic mass is 9.95. The lowest BCUT2D eigenvalue weighted by Crippen LogP contribution is -2.38. The van der Waals surface area contributed by atoms with Gasteiger partial charge in [0.2, 0.25) is 5.91 Å². The lowest BCUT2D eigenvalue weighted by Gasteiger charge is -2.23. The van der Waals surface area contributed by atoms with Crippen LogP contribution in [0.4, 0.5) is 0 Å². The van der Waals surface area contributed by atoms with E-state index >= 15 is 0 Å². The molecule has 3 N–H and O–H groups in total. The maximum Gasteiger partial charge on any atom is 0.246 e. The predicted molar refractivity (Wildman–Crippen MR) is 75.7 cm³/mol. The molecule has 0 aromatic heterocycles. The highest BCUT2D eigenvalue weighted by Gasteiger charge is 2.26. The Morgan fingerprint density at radius 2 is 1.79 bits per heavy atom. The molecule has 0 aliphatic heterocycles. The van der Waals surface area contributed by atoms with E-state index in [9.17, 15) is 4.79 Å². The minimum atomic E-state index is 0.0502. The summed E-state index contributed by atoms with van der Waals surface area (Å²) in [4.78, 5) is 11.8. The molecule has 0 aromatic carbocycles. The Morgan fingerprint density at radius 1 is 1.05 bits per heavy atom. The summed E-state index contributed by atoms with van der Waals surface area (Å²) in [5.74, 6) is 1.21. The summed E-state index contributed by atoms with van der Waals surface area (Å²) in [7, 11) is 0. The van der Waals surface area contributed by atoms with Crippen LogP contribution in [0.25, 0.3) is 0 Å². The minimum Gasteiger partial charge on any atom is -0.371 e. The van der Waals surface area contributed by atoms with Crippen molar-refractivity contribution in [2.24, 2.45) is 17.6 Å². The molecule has 0 heterocycles. The Labute approximate surface area is 116 Å². The third kappa shape index (κ3) is 4.77. The highest BCUT2D eigenvalue weighted by Crippen LogP contribution is 2.30. The van der Waals surface area contributed by atoms with Gasteiger partial charge in [0.1, 0.15) is 6.61 Å². The molecule has 0 aromatic rings. The zero-order chi connectivity index (χ0) is 13.5. The quantitative estimate of drug-likeness (QED) is 0.772. The minimum absolute atomic E-state index is 0.0502. The molecule has 2 unspecified atom stereocenters. The molecule has 2 saturated carbocycles. The van der Waals surface area contributed by atoms with Crippen LogP contribution in [0, 0.1) is 11.8 Å². The highest BCUT2D eigenvalue weighted by molar-refractivity contribution is 5.77. The SMILES string of the molecule is NCC1CCCC1COCC(=O)NC1CCCCC1. The van der Waals surface area contributed by atoms with Gasteiger partial charge < -0.3 is 15.8 Å². The molecule has 0 saturated heterocycles. The summed E-state index contributed by atoms with van der Waals surface area (Å²) in [5.41, 5.74) is 5.74. The molecule has 2 rings (SSSR count). The normalized spacial score (nSPS) is 28.5. The standard InChI is InChI=1S/C15H28N2O2/c16-9-12-5-4-6-13(12)10-19-11-15(18)17-14-7-2-1-3-8-14/h12-14H,1-11,16H2,(H,17,18). The van der Waals surface area contributed by atoms with E-state index < -0.39 is 0 Å². The molecule has 2 atom stereocenters. The molecule has 2 aliphatic rings. The summed E-state index contributed by atoms with van der Waals surface area (Å²) in [6, 6.07) is 0.383. The fourth-order valence-corrected chi connectivity index (χ4v) is 3.46. The first-order valence-electron chi connectivity index (χ1n) is 7.86. The van der Waals surface area contributed by atoms with E-state index in [0.29, 0.717) is 24.5 Å². The lowest BCUT2D eigenvalue weighted by molar-refractivity contribution is -0.127. The molecule has 0 bridgehead atoms. The fraction of sp³-hybridized carbons (Fsp3) is 0.933. The zero-order valence-corrected chi connectivity index (χ0v) is 11.9. The number of hydrogen-bond acceptors (Lipinski definition) is 3. The topological polar surface area (TPSA) is 64.3 Å². The Hall–Kier alpha value is -0.610. The number of nitrogens with one attached hydrogen (secondary N) is 1. The molecule has 4 heteroatoms. The van der Waals surface area contributed by atoms with Gasteiger partial charge >= 0.3 is 0 Å². The summed E-state index contributed by atoms with van der Waals surface area (Å²) in [6.07, 6.45) is 9.73. The van der Waals surface area contributed by atoms with Crippen molar-refractivity contribution in [3.8, 4) is 0 Å². The Balaban J connectivity index is 1.58. The van der Waals surface area contributed by atoms with Gasteiger partial charge in [-0.25, -0.2) is 0 Å². The number of rotatable bonds is 6. The van der Waals surface area contributed by atoms with E-state index in [-0.39, 0.29) is 12.5 Å². The molecule has 0 radical (unpaired) electrons. The van der Waals surface area contributed by atoms with Crippen molar-refractivity contribution >= 4 is 5.91 Å². The van der Waals surface area contributed by atoms with Gasteiger partial charge in [-0.3, -0.25) is 4.79 Å². The van der Waals surface area contributed by atoms with Crippen molar-refractivity contribution in [1.29, 1.82) is 0 Å². The summed E-state index contributed by atoms with van der Waals surface area (Å²) >= 11 is 0. The first-order valence-corrected chi connectivity index (χ1v) is 7.86. The summed E-state index contributed by atoms with van der Waals surface area (Å²) in [6.45, 7) is 1.66. The number of carbonyl (C=O) groups excluding carboxylic acids is 1. The number of ether oxygens (including phenoxy) is 1. The Bertz CT molecular complexity index is 277. The molecule has 1 amide bonds. The second kappa shape index (κ2) is 7.85. The zero-order valence-electron chi connectivity index (χ0n) is 11.9. The van der Waals surface area contributed by atoms with E-state index in [2.05, 4.69) is 5.32 Å². The van der Waals surface area contributed by atoms with Crippen LogP contribution in [-0.2, 0) is 9.53 Å². The molecule has 110 valence electrons. The summed E-state index contributed by atoms with van der Waals surface area (Å²) in [5, 5.41) is 3.08. The third-order valence-electron chi connectivity index (χ3n) is 4.65. The molecule has 2 fully saturated rings. The van der Waals surface area contributed by atoms with Gasteiger partial charge in [-0.05, 0) is 44.1 Å². The van der Waals surface area contributed by atoms with Crippen LogP contribution in [0.2, 0.25) is 0 Å². The monoisotopic (exact) mass is 268 g/mol. The third-order valence-corrected chi connectivity index (χ3v) is 4.65. The van der Waals surface area contributed by atoms with Crippen molar-refractivity contribution < 1.29 is 9.53 Å². The van der Waals surface area contributed by atoms with Crippen molar-refractivity contribution in [3.05, 3.63) is 0 Å². The van der Waals surface area contributed by atoms with E-state index in [4.69, 9.17) is 10.5 Å². The van der Waals surface area contributed by atoms with Crippen molar-refractivity contribution in [2.75, 3.05) is 19.8 Å². The van der Waals surface area contributed by atoms with Gasteiger partial charge in [0.15, 0.2) is 0 Å². The van der Waals surface area contributed by atoms with Gasteiger partial charge in [-0.15, -0.1) is 0 Å². The van der Waals surface area contributed by atoms with Gasteiger partial charge in [0, 0.05) is 6.04 Å². The van der Waals surface area contributed by atoms with E-state index in [0.717, 1.165) is 19.4 Å². The smallest absolute Gasteiger partial charge is 0.246 e. The number of carbonyl (C=O) groups is 1. The first-order chi connectivity index (χ1) is 9.29. The predicted octanol–water partition coefficient (Wildman–Crippen LogP) is 1.83. The number of nitrogens with two attached hydrogens (primary N) is 1. The maximum absolute atomic E-state index is 11.8. The second-order valence-corrected chi connectivity index (χ2v) is 6.10. The van der Waals surface area contributed by atoms with Crippen LogP contribution in [-0.4, -0.2) is 31.7 Å². The summed E-state index contributed by atoms with van der Waals surface area (Å²) < 4.78 is 5.59. The van der Waals surface area contributed by atoms with Crippen molar-refractivity contribution in [3.63, 3.8) is 0 Å². The molecular formula is C15H28N2O2. The van der Waals surface area contributed by atoms with Gasteiger partial charge in [0.25, 0.3) is 0 Å². The molecule has 19 heavy (non-hydrogen) atoms. The number of amides is 1. The van der Waals surface area contributed by atoms with Crippen molar-refractivity contribution in [2.45, 2.75) is 57.4 Å². The number of hydrogen-bond donors (Lipinski definition) is 2. The van der Waals surface area contributed by atoms with Crippen molar-refractivity contribution in [1.82, 2.24) is 5.32 Å². The molecule has 0 spiro atoms. The maximum atomic E-state index is 11.8. The van der Waals surface area contributed by atoms with Crippen LogP contribution in [0.15, 0.2) is 0 Å². The second-order valence-electron chi connectivity index (χ2n) is 6.10. The van der Waals surface area contributed by atoms with E-state index in [1.165, 1.54) is 38.5 Å². The van der Waals surface area contributed by atoms with Crippen LogP contribution in [0.1, 0.15) is 51.4 Å². The average molecular weight is 268 g/mol. The van der Waals surface area contributed by atoms with Crippen LogP contribution in [0.3, 0.4) is 0 Å². The fourth-order valence-electron chi connectivity index (χ4n) is 3.46.